The van der Waals surface area contributed by atoms with Crippen LogP contribution in [0.1, 0.15) is 33.3 Å². The predicted molar refractivity (Wildman–Crippen MR) is 126 cm³/mol. The molecule has 178 valence electrons. The number of phenols is 1. The Labute approximate surface area is 197 Å². The van der Waals surface area contributed by atoms with E-state index in [0.717, 1.165) is 11.1 Å². The molecule has 8 heteroatoms. The summed E-state index contributed by atoms with van der Waals surface area (Å²) in [5.74, 6) is 0.386. The summed E-state index contributed by atoms with van der Waals surface area (Å²) in [5.41, 5.74) is 7.77. The van der Waals surface area contributed by atoms with E-state index in [9.17, 15) is 15.0 Å². The highest BCUT2D eigenvalue weighted by molar-refractivity contribution is 5.95. The van der Waals surface area contributed by atoms with E-state index in [4.69, 9.17) is 19.9 Å². The Hall–Kier alpha value is -3.59. The molecule has 0 saturated carbocycles. The molecule has 0 aromatic heterocycles. The Morgan fingerprint density at radius 2 is 1.91 bits per heavy atom. The van der Waals surface area contributed by atoms with Crippen LogP contribution in [0.15, 0.2) is 66.7 Å². The highest BCUT2D eigenvalue weighted by atomic mass is 16.6. The van der Waals surface area contributed by atoms with Gasteiger partial charge in [-0.25, -0.2) is 0 Å². The van der Waals surface area contributed by atoms with E-state index in [-0.39, 0.29) is 17.4 Å². The molecular formula is C26H28N2O6. The number of hydrogen-bond donors (Lipinski definition) is 4. The lowest BCUT2D eigenvalue weighted by Crippen LogP contribution is -2.33. The maximum atomic E-state index is 11.4. The SMILES string of the molecule is NC(=O)c1cc([C@@H](O)NCCc2ccc3c(c2)O[C@H](COCc2ccccc2)CO3)ccc1O. The predicted octanol–water partition coefficient (Wildman–Crippen LogP) is 2.67. The van der Waals surface area contributed by atoms with Gasteiger partial charge in [-0.2, -0.15) is 0 Å². The van der Waals surface area contributed by atoms with Gasteiger partial charge >= 0.3 is 0 Å². The van der Waals surface area contributed by atoms with Gasteiger partial charge in [-0.3, -0.25) is 10.1 Å². The van der Waals surface area contributed by atoms with Gasteiger partial charge in [0.15, 0.2) is 17.6 Å². The first-order chi connectivity index (χ1) is 16.5. The summed E-state index contributed by atoms with van der Waals surface area (Å²) in [4.78, 5) is 11.4. The molecule has 0 radical (unpaired) electrons. The van der Waals surface area contributed by atoms with Gasteiger partial charge in [0.1, 0.15) is 18.6 Å². The van der Waals surface area contributed by atoms with Crippen molar-refractivity contribution in [2.45, 2.75) is 25.4 Å². The monoisotopic (exact) mass is 464 g/mol. The minimum atomic E-state index is -1.01. The lowest BCUT2D eigenvalue weighted by Gasteiger charge is -2.27. The van der Waals surface area contributed by atoms with Crippen LogP contribution in [-0.4, -0.2) is 42.0 Å². The Kier molecular flexibility index (Phi) is 7.64. The third kappa shape index (κ3) is 6.05. The summed E-state index contributed by atoms with van der Waals surface area (Å²) in [7, 11) is 0. The zero-order chi connectivity index (χ0) is 23.9. The number of hydrogen-bond acceptors (Lipinski definition) is 7. The molecular weight excluding hydrogens is 436 g/mol. The number of fused-ring (bicyclic) bond motifs is 1. The maximum absolute atomic E-state index is 11.4. The van der Waals surface area contributed by atoms with E-state index >= 15 is 0 Å². The summed E-state index contributed by atoms with van der Waals surface area (Å²) in [6.45, 7) is 1.84. The zero-order valence-corrected chi connectivity index (χ0v) is 18.6. The molecule has 34 heavy (non-hydrogen) atoms. The number of aliphatic hydroxyl groups is 1. The number of amides is 1. The van der Waals surface area contributed by atoms with Crippen molar-refractivity contribution in [2.24, 2.45) is 5.73 Å². The van der Waals surface area contributed by atoms with Gasteiger partial charge in [0.25, 0.3) is 5.91 Å². The minimum absolute atomic E-state index is 0.0347. The number of carbonyl (C=O) groups is 1. The van der Waals surface area contributed by atoms with Gasteiger partial charge in [0.05, 0.1) is 18.8 Å². The number of nitrogens with two attached hydrogens (primary N) is 1. The summed E-state index contributed by atoms with van der Waals surface area (Å²) in [5, 5.41) is 23.1. The number of nitrogens with one attached hydrogen (secondary N) is 1. The molecule has 0 bridgehead atoms. The zero-order valence-electron chi connectivity index (χ0n) is 18.6. The quantitative estimate of drug-likeness (QED) is 0.340. The van der Waals surface area contributed by atoms with Crippen LogP contribution in [0.4, 0.5) is 0 Å². The number of carbonyl (C=O) groups excluding carboxylic acids is 1. The summed E-state index contributed by atoms with van der Waals surface area (Å²) in [6.07, 6.45) is -0.577. The van der Waals surface area contributed by atoms with Crippen molar-refractivity contribution >= 4 is 5.91 Å². The number of rotatable bonds is 10. The van der Waals surface area contributed by atoms with Gasteiger partial charge in [-0.1, -0.05) is 42.5 Å². The first-order valence-corrected chi connectivity index (χ1v) is 11.1. The van der Waals surface area contributed by atoms with Crippen molar-refractivity contribution in [3.63, 3.8) is 0 Å². The molecule has 2 atom stereocenters. The summed E-state index contributed by atoms with van der Waals surface area (Å²) < 4.78 is 17.7. The van der Waals surface area contributed by atoms with Crippen LogP contribution in [0, 0.1) is 0 Å². The van der Waals surface area contributed by atoms with Crippen LogP contribution < -0.4 is 20.5 Å². The lowest BCUT2D eigenvalue weighted by molar-refractivity contribution is 0.00266. The molecule has 0 fully saturated rings. The molecule has 8 nitrogen and oxygen atoms in total. The average molecular weight is 465 g/mol. The fourth-order valence-corrected chi connectivity index (χ4v) is 3.67. The maximum Gasteiger partial charge on any atom is 0.252 e. The molecule has 1 aliphatic rings. The van der Waals surface area contributed by atoms with E-state index in [2.05, 4.69) is 5.32 Å². The number of benzene rings is 3. The third-order valence-corrected chi connectivity index (χ3v) is 5.49. The van der Waals surface area contributed by atoms with Crippen molar-refractivity contribution in [1.82, 2.24) is 5.32 Å². The molecule has 4 rings (SSSR count). The molecule has 3 aromatic carbocycles. The van der Waals surface area contributed by atoms with Crippen LogP contribution in [-0.2, 0) is 17.8 Å². The highest BCUT2D eigenvalue weighted by Crippen LogP contribution is 2.33. The minimum Gasteiger partial charge on any atom is -0.507 e. The lowest BCUT2D eigenvalue weighted by atomic mass is 10.1. The number of ether oxygens (including phenoxy) is 3. The Balaban J connectivity index is 1.27. The van der Waals surface area contributed by atoms with Gasteiger partial charge in [-0.15, -0.1) is 0 Å². The van der Waals surface area contributed by atoms with E-state index < -0.39 is 12.1 Å². The number of aliphatic hydroxyl groups excluding tert-OH is 1. The molecule has 5 N–H and O–H groups in total. The van der Waals surface area contributed by atoms with Gasteiger partial charge in [0, 0.05) is 6.54 Å². The Morgan fingerprint density at radius 3 is 2.71 bits per heavy atom. The second-order valence-corrected chi connectivity index (χ2v) is 8.08. The smallest absolute Gasteiger partial charge is 0.252 e. The first-order valence-electron chi connectivity index (χ1n) is 11.1. The molecule has 1 amide bonds. The molecule has 0 unspecified atom stereocenters. The summed E-state index contributed by atoms with van der Waals surface area (Å²) in [6, 6.07) is 20.0. The second kappa shape index (κ2) is 11.0. The Bertz CT molecular complexity index is 1120. The molecule has 0 saturated heterocycles. The van der Waals surface area contributed by atoms with Gasteiger partial charge < -0.3 is 30.2 Å². The molecule has 0 spiro atoms. The standard InChI is InChI=1S/C26H28N2O6/c27-25(30)21-13-19(7-8-22(21)29)26(31)28-11-10-17-6-9-23-24(12-17)34-20(16-33-23)15-32-14-18-4-2-1-3-5-18/h1-9,12-13,20,26,28-29,31H,10-11,14-16H2,(H2,27,30)/t20-,26-/m1/s1. The fourth-order valence-electron chi connectivity index (χ4n) is 3.67. The highest BCUT2D eigenvalue weighted by Gasteiger charge is 2.21. The second-order valence-electron chi connectivity index (χ2n) is 8.08. The topological polar surface area (TPSA) is 123 Å². The van der Waals surface area contributed by atoms with Crippen LogP contribution in [0.3, 0.4) is 0 Å². The van der Waals surface area contributed by atoms with Crippen molar-refractivity contribution < 1.29 is 29.2 Å². The van der Waals surface area contributed by atoms with Crippen LogP contribution >= 0.6 is 0 Å². The van der Waals surface area contributed by atoms with E-state index in [1.807, 2.05) is 48.5 Å². The molecule has 1 aliphatic heterocycles. The van der Waals surface area contributed by atoms with E-state index in [1.54, 1.807) is 0 Å². The van der Waals surface area contributed by atoms with Crippen molar-refractivity contribution in [2.75, 3.05) is 19.8 Å². The van der Waals surface area contributed by atoms with Crippen molar-refractivity contribution in [1.29, 1.82) is 0 Å². The largest absolute Gasteiger partial charge is 0.507 e. The van der Waals surface area contributed by atoms with E-state index in [1.165, 1.54) is 18.2 Å². The average Bonchev–Trinajstić information content (AvgIpc) is 2.84. The fraction of sp³-hybridized carbons (Fsp3) is 0.269. The van der Waals surface area contributed by atoms with Crippen LogP contribution in [0.2, 0.25) is 0 Å². The molecule has 1 heterocycles. The van der Waals surface area contributed by atoms with Crippen molar-refractivity contribution in [3.05, 3.63) is 89.0 Å². The Morgan fingerprint density at radius 1 is 1.09 bits per heavy atom. The first kappa shape index (κ1) is 23.6. The number of primary amides is 1. The van der Waals surface area contributed by atoms with E-state index in [0.29, 0.717) is 49.8 Å². The van der Waals surface area contributed by atoms with Gasteiger partial charge in [-0.05, 0) is 47.4 Å². The van der Waals surface area contributed by atoms with Crippen LogP contribution in [0.25, 0.3) is 0 Å². The molecule has 3 aromatic rings. The number of aromatic hydroxyl groups is 1. The van der Waals surface area contributed by atoms with Gasteiger partial charge in [0.2, 0.25) is 0 Å². The van der Waals surface area contributed by atoms with Crippen molar-refractivity contribution in [3.8, 4) is 17.2 Å². The third-order valence-electron chi connectivity index (χ3n) is 5.49. The summed E-state index contributed by atoms with van der Waals surface area (Å²) >= 11 is 0. The molecule has 0 aliphatic carbocycles. The normalized spacial score (nSPS) is 15.6. The van der Waals surface area contributed by atoms with Crippen LogP contribution in [0.5, 0.6) is 17.2 Å².